The van der Waals surface area contributed by atoms with Crippen LogP contribution < -0.4 is 20.1 Å². The minimum Gasteiger partial charge on any atom is -0.490 e. The van der Waals surface area contributed by atoms with E-state index in [-0.39, 0.29) is 4.90 Å². The molecule has 11 nitrogen and oxygen atoms in total. The Balaban J connectivity index is 1.25. The van der Waals surface area contributed by atoms with Crippen molar-refractivity contribution < 1.29 is 32.3 Å². The van der Waals surface area contributed by atoms with Gasteiger partial charge in [-0.15, -0.1) is 0 Å². The van der Waals surface area contributed by atoms with Crippen LogP contribution in [0.2, 0.25) is 0 Å². The van der Waals surface area contributed by atoms with Crippen LogP contribution in [0.25, 0.3) is 0 Å². The molecule has 196 valence electrons. The zero-order chi connectivity index (χ0) is 26.2. The summed E-state index contributed by atoms with van der Waals surface area (Å²) in [6.45, 7) is 3.07. The first-order valence-electron chi connectivity index (χ1n) is 12.1. The molecule has 3 aliphatic heterocycles. The molecule has 0 radical (unpaired) electrons. The third kappa shape index (κ3) is 4.74. The number of nitrogens with one attached hydrogen (secondary N) is 2. The van der Waals surface area contributed by atoms with E-state index in [2.05, 4.69) is 10.6 Å². The molecule has 3 heterocycles. The number of carbonyl (C=O) groups is 3. The molecule has 0 saturated carbocycles. The lowest BCUT2D eigenvalue weighted by Gasteiger charge is -2.23. The second-order valence-electron chi connectivity index (χ2n) is 9.34. The van der Waals surface area contributed by atoms with E-state index in [0.717, 1.165) is 24.2 Å². The van der Waals surface area contributed by atoms with Crippen LogP contribution in [-0.4, -0.2) is 68.3 Å². The fourth-order valence-electron chi connectivity index (χ4n) is 4.64. The van der Waals surface area contributed by atoms with Crippen molar-refractivity contribution in [3.8, 4) is 11.5 Å². The van der Waals surface area contributed by atoms with E-state index >= 15 is 0 Å². The molecule has 2 N–H and O–H groups in total. The molecule has 37 heavy (non-hydrogen) atoms. The Morgan fingerprint density at radius 1 is 1.00 bits per heavy atom. The number of hydrogen-bond donors (Lipinski definition) is 2. The van der Waals surface area contributed by atoms with Gasteiger partial charge in [0.1, 0.15) is 12.1 Å². The van der Waals surface area contributed by atoms with Gasteiger partial charge in [0, 0.05) is 25.2 Å². The minimum atomic E-state index is -3.57. The molecule has 2 saturated heterocycles. The van der Waals surface area contributed by atoms with Crippen molar-refractivity contribution in [1.82, 2.24) is 14.5 Å². The Labute approximate surface area is 214 Å². The van der Waals surface area contributed by atoms with E-state index < -0.39 is 40.0 Å². The zero-order valence-electron chi connectivity index (χ0n) is 20.4. The average Bonchev–Trinajstić information content (AvgIpc) is 3.41. The predicted octanol–water partition coefficient (Wildman–Crippen LogP) is 2.04. The number of fused-ring (bicyclic) bond motifs is 1. The van der Waals surface area contributed by atoms with E-state index in [1.54, 1.807) is 25.1 Å². The fraction of sp³-hybridized carbons (Fsp3) is 0.400. The van der Waals surface area contributed by atoms with Crippen molar-refractivity contribution in [3.63, 3.8) is 0 Å². The van der Waals surface area contributed by atoms with Gasteiger partial charge in [-0.1, -0.05) is 6.07 Å². The number of urea groups is 1. The Morgan fingerprint density at radius 2 is 1.68 bits per heavy atom. The number of ether oxygens (including phenoxy) is 2. The number of anilines is 1. The molecular weight excluding hydrogens is 500 g/mol. The first-order valence-corrected chi connectivity index (χ1v) is 13.6. The Morgan fingerprint density at radius 3 is 2.38 bits per heavy atom. The van der Waals surface area contributed by atoms with Crippen LogP contribution in [0.4, 0.5) is 10.5 Å². The standard InChI is InChI=1S/C25H28N4O7S/c1-25(17-5-10-20-21(15-17)36-14-4-13-35-20)23(31)29(24(32)27-25)16-22(30)26-18-6-8-19(9-7-18)37(33,34)28-11-2-3-12-28/h5-10,15H,2-4,11-14,16H2,1H3,(H,26,30)(H,27,32). The molecule has 2 aromatic rings. The van der Waals surface area contributed by atoms with E-state index in [1.165, 1.54) is 28.6 Å². The van der Waals surface area contributed by atoms with Gasteiger partial charge in [-0.25, -0.2) is 13.2 Å². The van der Waals surface area contributed by atoms with Gasteiger partial charge in [0.15, 0.2) is 11.5 Å². The van der Waals surface area contributed by atoms with Crippen LogP contribution in [0.15, 0.2) is 47.4 Å². The molecule has 12 heteroatoms. The van der Waals surface area contributed by atoms with E-state index in [4.69, 9.17) is 9.47 Å². The maximum absolute atomic E-state index is 13.3. The molecular formula is C25H28N4O7S. The third-order valence-electron chi connectivity index (χ3n) is 6.74. The van der Waals surface area contributed by atoms with Crippen molar-refractivity contribution in [2.24, 2.45) is 0 Å². The van der Waals surface area contributed by atoms with Crippen LogP contribution in [-0.2, 0) is 25.2 Å². The third-order valence-corrected chi connectivity index (χ3v) is 8.66. The zero-order valence-corrected chi connectivity index (χ0v) is 21.2. The van der Waals surface area contributed by atoms with Gasteiger partial charge in [0.2, 0.25) is 15.9 Å². The quantitative estimate of drug-likeness (QED) is 0.548. The summed E-state index contributed by atoms with van der Waals surface area (Å²) < 4.78 is 38.1. The summed E-state index contributed by atoms with van der Waals surface area (Å²) in [4.78, 5) is 39.6. The highest BCUT2D eigenvalue weighted by Gasteiger charge is 2.49. The number of benzene rings is 2. The summed E-state index contributed by atoms with van der Waals surface area (Å²) in [5.41, 5.74) is -0.524. The molecule has 4 amide bonds. The second-order valence-corrected chi connectivity index (χ2v) is 11.3. The average molecular weight is 529 g/mol. The first kappa shape index (κ1) is 25.0. The maximum Gasteiger partial charge on any atom is 0.325 e. The topological polar surface area (TPSA) is 134 Å². The Hall–Kier alpha value is -3.64. The summed E-state index contributed by atoms with van der Waals surface area (Å²) in [6, 6.07) is 10.2. The van der Waals surface area contributed by atoms with Gasteiger partial charge >= 0.3 is 6.03 Å². The van der Waals surface area contributed by atoms with E-state index in [0.29, 0.717) is 49.1 Å². The second kappa shape index (κ2) is 9.67. The van der Waals surface area contributed by atoms with Crippen molar-refractivity contribution >= 4 is 33.6 Å². The van der Waals surface area contributed by atoms with Crippen molar-refractivity contribution in [2.75, 3.05) is 38.2 Å². The molecule has 5 rings (SSSR count). The first-order chi connectivity index (χ1) is 17.7. The van der Waals surface area contributed by atoms with Crippen molar-refractivity contribution in [3.05, 3.63) is 48.0 Å². The molecule has 1 atom stereocenters. The molecule has 0 aromatic heterocycles. The molecule has 0 spiro atoms. The number of amides is 4. The lowest BCUT2D eigenvalue weighted by Crippen LogP contribution is -2.42. The predicted molar refractivity (Wildman–Crippen MR) is 133 cm³/mol. The summed E-state index contributed by atoms with van der Waals surface area (Å²) >= 11 is 0. The van der Waals surface area contributed by atoms with Gasteiger partial charge in [-0.05, 0) is 61.7 Å². The van der Waals surface area contributed by atoms with Crippen LogP contribution in [0.5, 0.6) is 11.5 Å². The minimum absolute atomic E-state index is 0.146. The number of rotatable bonds is 6. The SMILES string of the molecule is CC1(c2ccc3c(c2)OCCCO3)NC(=O)N(CC(=O)Nc2ccc(S(=O)(=O)N3CCCC3)cc2)C1=O. The summed E-state index contributed by atoms with van der Waals surface area (Å²) in [6.07, 6.45) is 2.41. The van der Waals surface area contributed by atoms with Crippen molar-refractivity contribution in [1.29, 1.82) is 0 Å². The van der Waals surface area contributed by atoms with Crippen LogP contribution in [0.1, 0.15) is 31.7 Å². The van der Waals surface area contributed by atoms with E-state index in [1.807, 2.05) is 0 Å². The van der Waals surface area contributed by atoms with Gasteiger partial charge in [0.25, 0.3) is 5.91 Å². The molecule has 2 aromatic carbocycles. The maximum atomic E-state index is 13.3. The lowest BCUT2D eigenvalue weighted by molar-refractivity contribution is -0.133. The summed E-state index contributed by atoms with van der Waals surface area (Å²) in [7, 11) is -3.57. The molecule has 0 bridgehead atoms. The van der Waals surface area contributed by atoms with Gasteiger partial charge < -0.3 is 20.1 Å². The number of imide groups is 1. The normalized spacial score (nSPS) is 22.0. The Kier molecular flexibility index (Phi) is 6.54. The monoisotopic (exact) mass is 528 g/mol. The summed E-state index contributed by atoms with van der Waals surface area (Å²) in [5, 5.41) is 5.29. The number of nitrogens with zero attached hydrogens (tertiary/aromatic N) is 2. The fourth-order valence-corrected chi connectivity index (χ4v) is 6.16. The van der Waals surface area contributed by atoms with Gasteiger partial charge in [-0.2, -0.15) is 4.31 Å². The highest BCUT2D eigenvalue weighted by molar-refractivity contribution is 7.89. The number of sulfonamides is 1. The van der Waals surface area contributed by atoms with Crippen molar-refractivity contribution in [2.45, 2.75) is 36.6 Å². The van der Waals surface area contributed by atoms with Crippen LogP contribution >= 0.6 is 0 Å². The highest BCUT2D eigenvalue weighted by atomic mass is 32.2. The Bertz CT molecular complexity index is 1340. The van der Waals surface area contributed by atoms with Crippen LogP contribution in [0, 0.1) is 0 Å². The smallest absolute Gasteiger partial charge is 0.325 e. The van der Waals surface area contributed by atoms with Gasteiger partial charge in [0.05, 0.1) is 18.1 Å². The summed E-state index contributed by atoms with van der Waals surface area (Å²) in [5.74, 6) is -0.113. The van der Waals surface area contributed by atoms with Crippen LogP contribution in [0.3, 0.4) is 0 Å². The molecule has 0 aliphatic carbocycles. The molecule has 1 unspecified atom stereocenters. The number of hydrogen-bond acceptors (Lipinski definition) is 7. The lowest BCUT2D eigenvalue weighted by atomic mass is 9.91. The highest BCUT2D eigenvalue weighted by Crippen LogP contribution is 2.36. The largest absolute Gasteiger partial charge is 0.490 e. The molecule has 3 aliphatic rings. The molecule has 2 fully saturated rings. The number of carbonyl (C=O) groups excluding carboxylic acids is 3. The van der Waals surface area contributed by atoms with E-state index in [9.17, 15) is 22.8 Å². The van der Waals surface area contributed by atoms with Gasteiger partial charge in [-0.3, -0.25) is 14.5 Å².